The number of aliphatic hydroxyl groups excluding tert-OH is 1. The average molecular weight is 336 g/mol. The van der Waals surface area contributed by atoms with Crippen molar-refractivity contribution in [2.24, 2.45) is 0 Å². The Bertz CT molecular complexity index is 721. The fourth-order valence-electron chi connectivity index (χ4n) is 1.96. The van der Waals surface area contributed by atoms with Gasteiger partial charge in [0.1, 0.15) is 6.10 Å². The molecule has 116 valence electrons. The molecule has 0 saturated carbocycles. The topological polar surface area (TPSA) is 71.4 Å². The van der Waals surface area contributed by atoms with Crippen LogP contribution in [0.25, 0.3) is 0 Å². The molecule has 1 N–H and O–H groups in total. The molecule has 0 heterocycles. The van der Waals surface area contributed by atoms with E-state index in [1.165, 1.54) is 0 Å². The van der Waals surface area contributed by atoms with Crippen LogP contribution in [0.1, 0.15) is 22.0 Å². The van der Waals surface area contributed by atoms with Crippen LogP contribution in [0.15, 0.2) is 58.3 Å². The van der Waals surface area contributed by atoms with E-state index < -0.39 is 33.5 Å². The number of carbonyl (C=O) groups is 1. The van der Waals surface area contributed by atoms with E-state index in [0.717, 1.165) is 0 Å². The zero-order valence-electron chi connectivity index (χ0n) is 12.2. The number of Topliss-reactive ketones (excluding diaryl/α,β-unsaturated/α-hetero) is 1. The lowest BCUT2D eigenvalue weighted by Crippen LogP contribution is -2.12. The van der Waals surface area contributed by atoms with Crippen LogP contribution in [0.2, 0.25) is 0 Å². The molecule has 0 fully saturated rings. The van der Waals surface area contributed by atoms with Crippen molar-refractivity contribution in [3.8, 4) is 0 Å². The monoisotopic (exact) mass is 336 g/mol. The second-order valence-electron chi connectivity index (χ2n) is 4.77. The summed E-state index contributed by atoms with van der Waals surface area (Å²) < 4.78 is 22.6. The van der Waals surface area contributed by atoms with Crippen LogP contribution in [0.5, 0.6) is 0 Å². The van der Waals surface area contributed by atoms with E-state index in [1.807, 2.05) is 0 Å². The van der Waals surface area contributed by atoms with E-state index in [2.05, 4.69) is 0 Å². The number of hydrogen-bond donors (Lipinski definition) is 1. The van der Waals surface area contributed by atoms with Crippen molar-refractivity contribution in [2.75, 3.05) is 12.5 Å². The molecule has 0 unspecified atom stereocenters. The molecule has 2 rings (SSSR count). The molecule has 0 spiro atoms. The first-order valence-electron chi connectivity index (χ1n) is 6.49. The van der Waals surface area contributed by atoms with Gasteiger partial charge in [0.15, 0.2) is 5.78 Å². The summed E-state index contributed by atoms with van der Waals surface area (Å²) in [5.74, 6) is -0.432. The van der Waals surface area contributed by atoms with E-state index in [0.29, 0.717) is 20.9 Å². The molecule has 2 aromatic rings. The standard InChI is InChI=1S/C16H16O4S2/c1-21(19)13-7-3-11(4-8-13)15(17)16(18)12-5-9-14(10-6-12)22(2)20/h3-10,15,17H,1-2H3/t15-,21-,22-/m1/s1. The summed E-state index contributed by atoms with van der Waals surface area (Å²) in [5.41, 5.74) is 0.798. The van der Waals surface area contributed by atoms with E-state index in [-0.39, 0.29) is 0 Å². The molecule has 0 bridgehead atoms. The molecule has 6 heteroatoms. The lowest BCUT2D eigenvalue weighted by atomic mass is 10.0. The molecule has 0 aromatic heterocycles. The highest BCUT2D eigenvalue weighted by Gasteiger charge is 2.19. The van der Waals surface area contributed by atoms with E-state index >= 15 is 0 Å². The molecular weight excluding hydrogens is 320 g/mol. The third kappa shape index (κ3) is 3.76. The lowest BCUT2D eigenvalue weighted by molar-refractivity contribution is 0.0747. The summed E-state index contributed by atoms with van der Waals surface area (Å²) in [6.45, 7) is 0. The van der Waals surface area contributed by atoms with Gasteiger partial charge in [-0.05, 0) is 29.8 Å². The fourth-order valence-corrected chi connectivity index (χ4v) is 3.00. The molecule has 0 amide bonds. The Balaban J connectivity index is 2.20. The molecule has 0 saturated heterocycles. The van der Waals surface area contributed by atoms with Crippen molar-refractivity contribution >= 4 is 27.4 Å². The highest BCUT2D eigenvalue weighted by molar-refractivity contribution is 7.84. The predicted molar refractivity (Wildman–Crippen MR) is 86.8 cm³/mol. The first-order chi connectivity index (χ1) is 10.4. The first-order valence-corrected chi connectivity index (χ1v) is 9.61. The third-order valence-electron chi connectivity index (χ3n) is 3.25. The molecule has 4 nitrogen and oxygen atoms in total. The van der Waals surface area contributed by atoms with Crippen molar-refractivity contribution in [2.45, 2.75) is 15.9 Å². The van der Waals surface area contributed by atoms with Gasteiger partial charge in [0.05, 0.1) is 0 Å². The highest BCUT2D eigenvalue weighted by Crippen LogP contribution is 2.20. The summed E-state index contributed by atoms with van der Waals surface area (Å²) in [5, 5.41) is 10.2. The van der Waals surface area contributed by atoms with Crippen molar-refractivity contribution in [1.82, 2.24) is 0 Å². The Morgan fingerprint density at radius 3 is 1.68 bits per heavy atom. The minimum Gasteiger partial charge on any atom is -0.380 e. The zero-order chi connectivity index (χ0) is 16.3. The number of ketones is 1. The summed E-state index contributed by atoms with van der Waals surface area (Å²) >= 11 is 0. The van der Waals surface area contributed by atoms with Crippen LogP contribution in [-0.2, 0) is 21.6 Å². The molecular formula is C16H16O4S2. The van der Waals surface area contributed by atoms with Gasteiger partial charge in [-0.3, -0.25) is 13.2 Å². The Morgan fingerprint density at radius 2 is 1.27 bits per heavy atom. The summed E-state index contributed by atoms with van der Waals surface area (Å²) in [6.07, 6.45) is 1.85. The maximum Gasteiger partial charge on any atom is 0.195 e. The number of rotatable bonds is 5. The maximum atomic E-state index is 12.3. The van der Waals surface area contributed by atoms with Gasteiger partial charge >= 0.3 is 0 Å². The number of aliphatic hydroxyl groups is 1. The second kappa shape index (κ2) is 7.09. The second-order valence-corrected chi connectivity index (χ2v) is 7.53. The Hall–Kier alpha value is -1.63. The Kier molecular flexibility index (Phi) is 5.39. The quantitative estimate of drug-likeness (QED) is 0.849. The average Bonchev–Trinajstić information content (AvgIpc) is 2.53. The summed E-state index contributed by atoms with van der Waals surface area (Å²) in [6, 6.07) is 12.8. The Morgan fingerprint density at radius 1 is 0.864 bits per heavy atom. The molecule has 3 atom stereocenters. The molecule has 22 heavy (non-hydrogen) atoms. The SMILES string of the molecule is C[S@@](=O)c1ccc(C(=O)[C@H](O)c2ccc([S@@](C)=O)cc2)cc1. The molecule has 0 aliphatic rings. The van der Waals surface area contributed by atoms with Gasteiger partial charge in [0, 0.05) is 49.5 Å². The van der Waals surface area contributed by atoms with Crippen LogP contribution >= 0.6 is 0 Å². The first kappa shape index (κ1) is 16.7. The predicted octanol–water partition coefficient (Wildman–Crippen LogP) is 2.08. The maximum absolute atomic E-state index is 12.3. The lowest BCUT2D eigenvalue weighted by Gasteiger charge is -2.11. The molecule has 2 aromatic carbocycles. The van der Waals surface area contributed by atoms with Crippen molar-refractivity contribution in [3.63, 3.8) is 0 Å². The summed E-state index contributed by atoms with van der Waals surface area (Å²) in [4.78, 5) is 13.5. The number of carbonyl (C=O) groups excluding carboxylic acids is 1. The van der Waals surface area contributed by atoms with Gasteiger partial charge in [-0.25, -0.2) is 0 Å². The van der Waals surface area contributed by atoms with E-state index in [1.54, 1.807) is 61.0 Å². The van der Waals surface area contributed by atoms with Gasteiger partial charge in [-0.15, -0.1) is 0 Å². The van der Waals surface area contributed by atoms with Crippen LogP contribution in [0.4, 0.5) is 0 Å². The smallest absolute Gasteiger partial charge is 0.195 e. The van der Waals surface area contributed by atoms with Gasteiger partial charge in [-0.2, -0.15) is 0 Å². The van der Waals surface area contributed by atoms with Crippen LogP contribution in [-0.4, -0.2) is 31.8 Å². The molecule has 0 aliphatic carbocycles. The third-order valence-corrected chi connectivity index (χ3v) is 5.12. The molecule has 0 radical (unpaired) electrons. The highest BCUT2D eigenvalue weighted by atomic mass is 32.2. The largest absolute Gasteiger partial charge is 0.380 e. The van der Waals surface area contributed by atoms with Gasteiger partial charge < -0.3 is 5.11 Å². The van der Waals surface area contributed by atoms with Crippen LogP contribution in [0, 0.1) is 0 Å². The molecule has 0 aliphatic heterocycles. The summed E-state index contributed by atoms with van der Waals surface area (Å²) in [7, 11) is -2.21. The van der Waals surface area contributed by atoms with Crippen LogP contribution in [0.3, 0.4) is 0 Å². The minimum atomic E-state index is -1.28. The van der Waals surface area contributed by atoms with E-state index in [4.69, 9.17) is 0 Å². The zero-order valence-corrected chi connectivity index (χ0v) is 13.8. The van der Waals surface area contributed by atoms with Crippen molar-refractivity contribution in [1.29, 1.82) is 0 Å². The minimum absolute atomic E-state index is 0.352. The number of benzene rings is 2. The van der Waals surface area contributed by atoms with Gasteiger partial charge in [-0.1, -0.05) is 24.3 Å². The van der Waals surface area contributed by atoms with Crippen molar-refractivity contribution in [3.05, 3.63) is 59.7 Å². The van der Waals surface area contributed by atoms with Gasteiger partial charge in [0.25, 0.3) is 0 Å². The van der Waals surface area contributed by atoms with Crippen LogP contribution < -0.4 is 0 Å². The fraction of sp³-hybridized carbons (Fsp3) is 0.188. The normalized spacial score (nSPS) is 15.0. The van der Waals surface area contributed by atoms with Crippen molar-refractivity contribution < 1.29 is 18.3 Å². The Labute approximate surface area is 134 Å². The van der Waals surface area contributed by atoms with Gasteiger partial charge in [0.2, 0.25) is 0 Å². The number of hydrogen-bond acceptors (Lipinski definition) is 4. The van der Waals surface area contributed by atoms with E-state index in [9.17, 15) is 18.3 Å².